The van der Waals surface area contributed by atoms with Crippen LogP contribution in [0, 0.1) is 0 Å². The van der Waals surface area contributed by atoms with Crippen molar-refractivity contribution in [2.45, 2.75) is 25.4 Å². The molecule has 21 heavy (non-hydrogen) atoms. The van der Waals surface area contributed by atoms with Crippen molar-refractivity contribution in [2.75, 3.05) is 6.61 Å². The second-order valence-electron chi connectivity index (χ2n) is 5.97. The van der Waals surface area contributed by atoms with E-state index in [0.717, 1.165) is 16.9 Å². The Bertz CT molecular complexity index is 695. The number of benzene rings is 2. The van der Waals surface area contributed by atoms with Gasteiger partial charge in [-0.15, -0.1) is 0 Å². The summed E-state index contributed by atoms with van der Waals surface area (Å²) in [5, 5.41) is 11.4. The van der Waals surface area contributed by atoms with E-state index in [0.29, 0.717) is 22.2 Å². The fourth-order valence-corrected chi connectivity index (χ4v) is 3.03. The summed E-state index contributed by atoms with van der Waals surface area (Å²) in [7, 11) is 0. The van der Waals surface area contributed by atoms with Gasteiger partial charge >= 0.3 is 0 Å². The molecule has 2 aromatic carbocycles. The second kappa shape index (κ2) is 5.20. The van der Waals surface area contributed by atoms with Crippen molar-refractivity contribution < 1.29 is 9.84 Å². The van der Waals surface area contributed by atoms with Gasteiger partial charge in [0.2, 0.25) is 0 Å². The molecule has 0 aromatic heterocycles. The monoisotopic (exact) mass is 322 g/mol. The molecule has 2 aromatic rings. The number of fused-ring (bicyclic) bond motifs is 1. The van der Waals surface area contributed by atoms with Gasteiger partial charge in [0.1, 0.15) is 11.9 Å². The number of aliphatic hydroxyl groups excluding tert-OH is 1. The maximum absolute atomic E-state index is 10.6. The summed E-state index contributed by atoms with van der Waals surface area (Å²) in [6, 6.07) is 11.0. The average Bonchev–Trinajstić information content (AvgIpc) is 2.76. The van der Waals surface area contributed by atoms with Crippen LogP contribution in [0.1, 0.15) is 36.6 Å². The van der Waals surface area contributed by atoms with Gasteiger partial charge in [-0.1, -0.05) is 55.2 Å². The van der Waals surface area contributed by atoms with Gasteiger partial charge in [-0.2, -0.15) is 0 Å². The molecule has 110 valence electrons. The molecule has 1 aliphatic rings. The fraction of sp³-hybridized carbons (Fsp3) is 0.294. The molecule has 0 aliphatic carbocycles. The fourth-order valence-electron chi connectivity index (χ4n) is 2.62. The van der Waals surface area contributed by atoms with Crippen LogP contribution >= 0.6 is 23.2 Å². The normalized spacial score (nSPS) is 17.2. The molecule has 4 heteroatoms. The standard InChI is InChI=1S/C17H16Cl2O2/c1-17(2)9-21-14-7-6-10(8-12(14)17)16(20)11-4-3-5-13(18)15(11)19/h3-8,16,20H,9H2,1-2H3. The van der Waals surface area contributed by atoms with Gasteiger partial charge in [0.05, 0.1) is 16.7 Å². The first-order valence-electron chi connectivity index (χ1n) is 6.79. The molecule has 1 aliphatic heterocycles. The Morgan fingerprint density at radius 2 is 1.95 bits per heavy atom. The lowest BCUT2D eigenvalue weighted by Gasteiger charge is -2.18. The van der Waals surface area contributed by atoms with Gasteiger partial charge in [0, 0.05) is 16.5 Å². The van der Waals surface area contributed by atoms with Gasteiger partial charge in [-0.3, -0.25) is 0 Å². The maximum atomic E-state index is 10.6. The highest BCUT2D eigenvalue weighted by molar-refractivity contribution is 6.42. The summed E-state index contributed by atoms with van der Waals surface area (Å²) in [6.45, 7) is 4.91. The molecular formula is C17H16Cl2O2. The molecule has 1 unspecified atom stereocenters. The van der Waals surface area contributed by atoms with Crippen LogP contribution in [0.4, 0.5) is 0 Å². The molecule has 0 saturated heterocycles. The first-order chi connectivity index (χ1) is 9.90. The topological polar surface area (TPSA) is 29.5 Å². The third-order valence-electron chi connectivity index (χ3n) is 3.91. The third-order valence-corrected chi connectivity index (χ3v) is 4.75. The van der Waals surface area contributed by atoms with E-state index < -0.39 is 6.10 Å². The number of rotatable bonds is 2. The van der Waals surface area contributed by atoms with Gasteiger partial charge < -0.3 is 9.84 Å². The Morgan fingerprint density at radius 3 is 2.71 bits per heavy atom. The van der Waals surface area contributed by atoms with Crippen molar-refractivity contribution >= 4 is 23.2 Å². The Balaban J connectivity index is 2.03. The number of ether oxygens (including phenoxy) is 1. The minimum atomic E-state index is -0.808. The molecule has 0 bridgehead atoms. The third kappa shape index (κ3) is 2.52. The lowest BCUT2D eigenvalue weighted by atomic mass is 9.85. The van der Waals surface area contributed by atoms with Crippen LogP contribution in [0.25, 0.3) is 0 Å². The highest BCUT2D eigenvalue weighted by Crippen LogP contribution is 2.41. The molecule has 0 spiro atoms. The number of aliphatic hydroxyl groups is 1. The van der Waals surface area contributed by atoms with E-state index >= 15 is 0 Å². The first-order valence-corrected chi connectivity index (χ1v) is 7.55. The molecule has 0 fully saturated rings. The highest BCUT2D eigenvalue weighted by atomic mass is 35.5. The minimum absolute atomic E-state index is 0.0524. The van der Waals surface area contributed by atoms with Gasteiger partial charge in [0.25, 0.3) is 0 Å². The summed E-state index contributed by atoms with van der Waals surface area (Å²) in [5.41, 5.74) is 2.46. The van der Waals surface area contributed by atoms with Crippen LogP contribution in [0.5, 0.6) is 5.75 Å². The lowest BCUT2D eigenvalue weighted by Crippen LogP contribution is -2.18. The van der Waals surface area contributed by atoms with Crippen molar-refractivity contribution in [1.29, 1.82) is 0 Å². The number of halogens is 2. The lowest BCUT2D eigenvalue weighted by molar-refractivity contribution is 0.220. The SMILES string of the molecule is CC1(C)COc2ccc(C(O)c3cccc(Cl)c3Cl)cc21. The first kappa shape index (κ1) is 14.7. The largest absolute Gasteiger partial charge is 0.492 e. The molecule has 2 nitrogen and oxygen atoms in total. The van der Waals surface area contributed by atoms with Crippen molar-refractivity contribution in [3.63, 3.8) is 0 Å². The predicted molar refractivity (Wildman–Crippen MR) is 85.5 cm³/mol. The van der Waals surface area contributed by atoms with Gasteiger partial charge in [-0.25, -0.2) is 0 Å². The van der Waals surface area contributed by atoms with Gasteiger partial charge in [-0.05, 0) is 23.8 Å². The minimum Gasteiger partial charge on any atom is -0.492 e. The van der Waals surface area contributed by atoms with Crippen LogP contribution in [0.15, 0.2) is 36.4 Å². The molecule has 0 amide bonds. The summed E-state index contributed by atoms with van der Waals surface area (Å²) in [6.07, 6.45) is -0.808. The maximum Gasteiger partial charge on any atom is 0.123 e. The van der Waals surface area contributed by atoms with E-state index in [2.05, 4.69) is 13.8 Å². The predicted octanol–water partition coefficient (Wildman–Crippen LogP) is 4.75. The van der Waals surface area contributed by atoms with E-state index in [1.807, 2.05) is 18.2 Å². The van der Waals surface area contributed by atoms with E-state index in [1.54, 1.807) is 18.2 Å². The van der Waals surface area contributed by atoms with Crippen molar-refractivity contribution in [3.8, 4) is 5.75 Å². The Morgan fingerprint density at radius 1 is 1.19 bits per heavy atom. The zero-order valence-electron chi connectivity index (χ0n) is 11.9. The van der Waals surface area contributed by atoms with Crippen LogP contribution in [-0.2, 0) is 5.41 Å². The molecule has 1 N–H and O–H groups in total. The highest BCUT2D eigenvalue weighted by Gasteiger charge is 2.32. The van der Waals surface area contributed by atoms with Crippen molar-refractivity contribution in [1.82, 2.24) is 0 Å². The van der Waals surface area contributed by atoms with Crippen LogP contribution in [-0.4, -0.2) is 11.7 Å². The van der Waals surface area contributed by atoms with E-state index in [-0.39, 0.29) is 5.41 Å². The van der Waals surface area contributed by atoms with Crippen LogP contribution < -0.4 is 4.74 Å². The Kier molecular flexibility index (Phi) is 3.64. The molecule has 0 saturated carbocycles. The summed E-state index contributed by atoms with van der Waals surface area (Å²) in [4.78, 5) is 0. The van der Waals surface area contributed by atoms with Gasteiger partial charge in [0.15, 0.2) is 0 Å². The van der Waals surface area contributed by atoms with E-state index in [4.69, 9.17) is 27.9 Å². The number of hydrogen-bond acceptors (Lipinski definition) is 2. The van der Waals surface area contributed by atoms with Crippen molar-refractivity contribution in [2.24, 2.45) is 0 Å². The summed E-state index contributed by atoms with van der Waals surface area (Å²) in [5.74, 6) is 0.883. The molecule has 3 rings (SSSR count). The van der Waals surface area contributed by atoms with E-state index in [9.17, 15) is 5.11 Å². The van der Waals surface area contributed by atoms with Crippen molar-refractivity contribution in [3.05, 3.63) is 63.1 Å². The Labute approximate surface area is 134 Å². The van der Waals surface area contributed by atoms with Crippen LogP contribution in [0.2, 0.25) is 10.0 Å². The molecular weight excluding hydrogens is 307 g/mol. The summed E-state index contributed by atoms with van der Waals surface area (Å²) < 4.78 is 5.67. The zero-order valence-corrected chi connectivity index (χ0v) is 13.4. The molecule has 1 atom stereocenters. The van der Waals surface area contributed by atoms with E-state index in [1.165, 1.54) is 0 Å². The molecule has 1 heterocycles. The smallest absolute Gasteiger partial charge is 0.123 e. The quantitative estimate of drug-likeness (QED) is 0.864. The zero-order chi connectivity index (χ0) is 15.2. The van der Waals surface area contributed by atoms with Crippen LogP contribution in [0.3, 0.4) is 0 Å². The summed E-state index contributed by atoms with van der Waals surface area (Å²) >= 11 is 12.2. The second-order valence-corrected chi connectivity index (χ2v) is 6.76. The number of hydrogen-bond donors (Lipinski definition) is 1. The molecule has 0 radical (unpaired) electrons. The Hall–Kier alpha value is -1.22. The average molecular weight is 323 g/mol.